The molecule has 0 heterocycles. The van der Waals surface area contributed by atoms with Crippen molar-refractivity contribution in [2.45, 2.75) is 26.4 Å². The third-order valence-corrected chi connectivity index (χ3v) is 3.89. The standard InChI is InChI=1S/C18H16ClF3N2O2/c1-10-3-4-11(2)14(7-10)23-16(25)9-17(26)24-15-8-12(18(20,21)22)5-6-13(15)19/h3-8H,9H2,1-2H3,(H,23,25)(H,24,26). The minimum atomic E-state index is -4.57. The van der Waals surface area contributed by atoms with Crippen molar-refractivity contribution in [3.8, 4) is 0 Å². The van der Waals surface area contributed by atoms with Crippen LogP contribution in [0.15, 0.2) is 36.4 Å². The van der Waals surface area contributed by atoms with Gasteiger partial charge in [0, 0.05) is 5.69 Å². The number of amides is 2. The normalized spacial score (nSPS) is 11.2. The van der Waals surface area contributed by atoms with Crippen molar-refractivity contribution in [3.05, 3.63) is 58.1 Å². The maximum atomic E-state index is 12.7. The van der Waals surface area contributed by atoms with E-state index in [1.54, 1.807) is 13.0 Å². The first kappa shape index (κ1) is 19.8. The van der Waals surface area contributed by atoms with Gasteiger partial charge < -0.3 is 10.6 Å². The highest BCUT2D eigenvalue weighted by Gasteiger charge is 2.31. The van der Waals surface area contributed by atoms with Crippen molar-refractivity contribution in [3.63, 3.8) is 0 Å². The quantitative estimate of drug-likeness (QED) is 0.733. The van der Waals surface area contributed by atoms with Crippen LogP contribution in [0.5, 0.6) is 0 Å². The summed E-state index contributed by atoms with van der Waals surface area (Å²) in [5.74, 6) is -1.35. The molecule has 2 aromatic rings. The van der Waals surface area contributed by atoms with E-state index in [-0.39, 0.29) is 10.7 Å². The van der Waals surface area contributed by atoms with Gasteiger partial charge in [0.1, 0.15) is 6.42 Å². The Hall–Kier alpha value is -2.54. The summed E-state index contributed by atoms with van der Waals surface area (Å²) in [5, 5.41) is 4.78. The van der Waals surface area contributed by atoms with Gasteiger partial charge in [0.15, 0.2) is 0 Å². The van der Waals surface area contributed by atoms with E-state index < -0.39 is 30.0 Å². The van der Waals surface area contributed by atoms with Gasteiger partial charge in [-0.05, 0) is 49.2 Å². The second-order valence-electron chi connectivity index (χ2n) is 5.78. The Morgan fingerprint density at radius 3 is 2.19 bits per heavy atom. The van der Waals surface area contributed by atoms with Gasteiger partial charge in [-0.15, -0.1) is 0 Å². The Kier molecular flexibility index (Phi) is 5.92. The van der Waals surface area contributed by atoms with E-state index in [0.717, 1.165) is 29.3 Å². The van der Waals surface area contributed by atoms with E-state index in [9.17, 15) is 22.8 Å². The molecule has 4 nitrogen and oxygen atoms in total. The molecule has 0 radical (unpaired) electrons. The molecule has 0 spiro atoms. The fraction of sp³-hybridized carbons (Fsp3) is 0.222. The number of carbonyl (C=O) groups excluding carboxylic acids is 2. The van der Waals surface area contributed by atoms with Crippen LogP contribution in [0.1, 0.15) is 23.1 Å². The maximum Gasteiger partial charge on any atom is 0.416 e. The minimum Gasteiger partial charge on any atom is -0.325 e. The zero-order valence-electron chi connectivity index (χ0n) is 14.0. The molecule has 26 heavy (non-hydrogen) atoms. The number of carbonyl (C=O) groups is 2. The first-order chi connectivity index (χ1) is 12.1. The van der Waals surface area contributed by atoms with Gasteiger partial charge in [0.25, 0.3) is 0 Å². The van der Waals surface area contributed by atoms with Gasteiger partial charge in [-0.3, -0.25) is 9.59 Å². The van der Waals surface area contributed by atoms with Crippen LogP contribution < -0.4 is 10.6 Å². The van der Waals surface area contributed by atoms with E-state index in [4.69, 9.17) is 11.6 Å². The van der Waals surface area contributed by atoms with Crippen molar-refractivity contribution in [2.24, 2.45) is 0 Å². The van der Waals surface area contributed by atoms with E-state index >= 15 is 0 Å². The van der Waals surface area contributed by atoms with Crippen LogP contribution in [0, 0.1) is 13.8 Å². The molecule has 138 valence electrons. The highest BCUT2D eigenvalue weighted by Crippen LogP contribution is 2.33. The Balaban J connectivity index is 2.04. The van der Waals surface area contributed by atoms with Crippen LogP contribution >= 0.6 is 11.6 Å². The summed E-state index contributed by atoms with van der Waals surface area (Å²) in [6, 6.07) is 8.04. The van der Waals surface area contributed by atoms with Crippen LogP contribution in [0.2, 0.25) is 5.02 Å². The van der Waals surface area contributed by atoms with Gasteiger partial charge >= 0.3 is 6.18 Å². The van der Waals surface area contributed by atoms with Crippen molar-refractivity contribution in [1.29, 1.82) is 0 Å². The predicted molar refractivity (Wildman–Crippen MR) is 94.2 cm³/mol. The molecule has 2 N–H and O–H groups in total. The molecule has 0 saturated heterocycles. The SMILES string of the molecule is Cc1ccc(C)c(NC(=O)CC(=O)Nc2cc(C(F)(F)F)ccc2Cl)c1. The number of alkyl halides is 3. The summed E-state index contributed by atoms with van der Waals surface area (Å²) in [6.07, 6.45) is -5.12. The Morgan fingerprint density at radius 1 is 0.962 bits per heavy atom. The van der Waals surface area contributed by atoms with Crippen molar-refractivity contribution < 1.29 is 22.8 Å². The smallest absolute Gasteiger partial charge is 0.325 e. The number of aryl methyl sites for hydroxylation is 2. The molecular weight excluding hydrogens is 369 g/mol. The zero-order valence-corrected chi connectivity index (χ0v) is 14.8. The Morgan fingerprint density at radius 2 is 1.58 bits per heavy atom. The summed E-state index contributed by atoms with van der Waals surface area (Å²) in [4.78, 5) is 24.0. The second kappa shape index (κ2) is 7.78. The van der Waals surface area contributed by atoms with Crippen LogP contribution in [-0.2, 0) is 15.8 Å². The Bertz CT molecular complexity index is 851. The molecule has 8 heteroatoms. The molecule has 0 aliphatic heterocycles. The molecule has 2 amide bonds. The van der Waals surface area contributed by atoms with Crippen molar-refractivity contribution >= 4 is 34.8 Å². The molecule has 0 aliphatic rings. The first-order valence-electron chi connectivity index (χ1n) is 7.60. The minimum absolute atomic E-state index is 0.0544. The molecule has 2 rings (SSSR count). The topological polar surface area (TPSA) is 58.2 Å². The van der Waals surface area contributed by atoms with Crippen LogP contribution in [-0.4, -0.2) is 11.8 Å². The molecule has 0 bridgehead atoms. The summed E-state index contributed by atoms with van der Waals surface area (Å²) in [6.45, 7) is 3.66. The first-order valence-corrected chi connectivity index (χ1v) is 7.98. The fourth-order valence-electron chi connectivity index (χ4n) is 2.20. The molecule has 0 saturated carbocycles. The number of nitrogens with one attached hydrogen (secondary N) is 2. The molecule has 0 fully saturated rings. The average Bonchev–Trinajstić information content (AvgIpc) is 2.51. The monoisotopic (exact) mass is 384 g/mol. The van der Waals surface area contributed by atoms with Gasteiger partial charge in [0.05, 0.1) is 16.3 Å². The van der Waals surface area contributed by atoms with Gasteiger partial charge in [0.2, 0.25) is 11.8 Å². The number of halogens is 4. The average molecular weight is 385 g/mol. The van der Waals surface area contributed by atoms with Crippen molar-refractivity contribution in [1.82, 2.24) is 0 Å². The summed E-state index contributed by atoms with van der Waals surface area (Å²) in [7, 11) is 0. The number of hydrogen-bond acceptors (Lipinski definition) is 2. The van der Waals surface area contributed by atoms with E-state index in [0.29, 0.717) is 5.69 Å². The van der Waals surface area contributed by atoms with Crippen LogP contribution in [0.3, 0.4) is 0 Å². The lowest BCUT2D eigenvalue weighted by atomic mass is 10.1. The number of hydrogen-bond donors (Lipinski definition) is 2. The van der Waals surface area contributed by atoms with Crippen molar-refractivity contribution in [2.75, 3.05) is 10.6 Å². The number of anilines is 2. The molecule has 2 aromatic carbocycles. The van der Waals surface area contributed by atoms with Gasteiger partial charge in [-0.2, -0.15) is 13.2 Å². The third-order valence-electron chi connectivity index (χ3n) is 3.56. The highest BCUT2D eigenvalue weighted by atomic mass is 35.5. The second-order valence-corrected chi connectivity index (χ2v) is 6.19. The van der Waals surface area contributed by atoms with E-state index in [1.165, 1.54) is 0 Å². The van der Waals surface area contributed by atoms with Gasteiger partial charge in [-0.25, -0.2) is 0 Å². The van der Waals surface area contributed by atoms with Gasteiger partial charge in [-0.1, -0.05) is 23.7 Å². The number of rotatable bonds is 4. The van der Waals surface area contributed by atoms with E-state index in [1.807, 2.05) is 19.1 Å². The summed E-state index contributed by atoms with van der Waals surface area (Å²) < 4.78 is 38.2. The number of benzene rings is 2. The third kappa shape index (κ3) is 5.23. The molecule has 0 aromatic heterocycles. The molecule has 0 unspecified atom stereocenters. The predicted octanol–water partition coefficient (Wildman–Crippen LogP) is 4.94. The largest absolute Gasteiger partial charge is 0.416 e. The summed E-state index contributed by atoms with van der Waals surface area (Å²) in [5.41, 5.74) is 1.18. The van der Waals surface area contributed by atoms with Crippen LogP contribution in [0.4, 0.5) is 24.5 Å². The molecule has 0 atom stereocenters. The lowest BCUT2D eigenvalue weighted by molar-refractivity contribution is -0.137. The summed E-state index contributed by atoms with van der Waals surface area (Å²) >= 11 is 5.81. The zero-order chi connectivity index (χ0) is 19.5. The lowest BCUT2D eigenvalue weighted by Gasteiger charge is -2.12. The van der Waals surface area contributed by atoms with Crippen LogP contribution in [0.25, 0.3) is 0 Å². The maximum absolute atomic E-state index is 12.7. The molecule has 0 aliphatic carbocycles. The lowest BCUT2D eigenvalue weighted by Crippen LogP contribution is -2.22. The Labute approximate surface area is 153 Å². The van der Waals surface area contributed by atoms with E-state index in [2.05, 4.69) is 10.6 Å². The highest BCUT2D eigenvalue weighted by molar-refractivity contribution is 6.33. The molecular formula is C18H16ClF3N2O2. The fourth-order valence-corrected chi connectivity index (χ4v) is 2.37.